The molecule has 0 saturated carbocycles. The number of benzene rings is 3. The zero-order chi connectivity index (χ0) is 21.7. The van der Waals surface area contributed by atoms with Crippen LogP contribution in [0.5, 0.6) is 0 Å². The van der Waals surface area contributed by atoms with Crippen LogP contribution in [0.25, 0.3) is 0 Å². The van der Waals surface area contributed by atoms with Crippen molar-refractivity contribution in [2.24, 2.45) is 0 Å². The topological polar surface area (TPSA) is 38.3 Å². The summed E-state index contributed by atoms with van der Waals surface area (Å²) in [6.45, 7) is 2.12. The maximum absolute atomic E-state index is 11.9. The van der Waals surface area contributed by atoms with E-state index in [9.17, 15) is 4.79 Å². The Morgan fingerprint density at radius 3 is 1.90 bits per heavy atom. The van der Waals surface area contributed by atoms with Crippen molar-refractivity contribution in [3.05, 3.63) is 109 Å². The first-order chi connectivity index (χ1) is 15.0. The minimum absolute atomic E-state index is 0.300. The predicted molar refractivity (Wildman–Crippen MR) is 132 cm³/mol. The van der Waals surface area contributed by atoms with Crippen molar-refractivity contribution >= 4 is 34.6 Å². The van der Waals surface area contributed by atoms with Crippen LogP contribution < -0.4 is 15.7 Å². The lowest BCUT2D eigenvalue weighted by Crippen LogP contribution is -2.53. The van der Waals surface area contributed by atoms with E-state index in [1.165, 1.54) is 11.6 Å². The molecule has 1 heterocycles. The first-order valence-electron chi connectivity index (χ1n) is 10.4. The number of hydrogen-bond donors (Lipinski definition) is 1. The van der Waals surface area contributed by atoms with Gasteiger partial charge in [-0.25, -0.2) is 4.79 Å². The number of carbonyl (C=O) groups is 1. The van der Waals surface area contributed by atoms with Gasteiger partial charge in [0, 0.05) is 16.7 Å². The van der Waals surface area contributed by atoms with E-state index in [0.29, 0.717) is 0 Å². The van der Waals surface area contributed by atoms with Gasteiger partial charge in [-0.1, -0.05) is 103 Å². The highest BCUT2D eigenvalue weighted by molar-refractivity contribution is 8.21. The molecule has 0 bridgehead atoms. The molecule has 5 heteroatoms. The summed E-state index contributed by atoms with van der Waals surface area (Å²) in [6, 6.07) is 30.9. The Balaban J connectivity index is 1.73. The summed E-state index contributed by atoms with van der Waals surface area (Å²) in [5.74, 6) is -0.300. The van der Waals surface area contributed by atoms with Crippen molar-refractivity contribution in [1.82, 2.24) is 5.09 Å². The lowest BCUT2D eigenvalue weighted by Gasteiger charge is -2.40. The van der Waals surface area contributed by atoms with E-state index in [-0.39, 0.29) is 12.1 Å². The van der Waals surface area contributed by atoms with Crippen LogP contribution in [-0.2, 0) is 27.8 Å². The third kappa shape index (κ3) is 4.88. The van der Waals surface area contributed by atoms with Crippen molar-refractivity contribution in [2.45, 2.75) is 31.4 Å². The number of rotatable bonds is 8. The van der Waals surface area contributed by atoms with Gasteiger partial charge < -0.3 is 4.74 Å². The van der Waals surface area contributed by atoms with Gasteiger partial charge in [-0.3, -0.25) is 5.09 Å². The maximum atomic E-state index is 11.9. The molecule has 3 nitrogen and oxygen atoms in total. The molecular formula is C26H26NO2PS. The van der Waals surface area contributed by atoms with E-state index < -0.39 is 11.7 Å². The Morgan fingerprint density at radius 2 is 1.42 bits per heavy atom. The fourth-order valence-corrected chi connectivity index (χ4v) is 7.99. The summed E-state index contributed by atoms with van der Waals surface area (Å²) < 4.78 is 5.69. The summed E-state index contributed by atoms with van der Waals surface area (Å²) in [5.41, 5.74) is 0.719. The normalized spacial score (nSPS) is 17.8. The highest BCUT2D eigenvalue weighted by Gasteiger charge is 2.41. The van der Waals surface area contributed by atoms with E-state index in [4.69, 9.17) is 16.5 Å². The van der Waals surface area contributed by atoms with Gasteiger partial charge in [0.2, 0.25) is 0 Å². The highest BCUT2D eigenvalue weighted by atomic mass is 32.4. The second kappa shape index (κ2) is 9.32. The molecule has 1 aliphatic heterocycles. The molecule has 0 amide bonds. The van der Waals surface area contributed by atoms with Crippen LogP contribution in [0, 0.1) is 0 Å². The summed E-state index contributed by atoms with van der Waals surface area (Å²) in [7, 11) is 0. The van der Waals surface area contributed by atoms with Gasteiger partial charge in [-0.05, 0) is 31.4 Å². The number of esters is 1. The van der Waals surface area contributed by atoms with E-state index >= 15 is 0 Å². The third-order valence-corrected chi connectivity index (χ3v) is 10.1. The zero-order valence-corrected chi connectivity index (χ0v) is 19.2. The molecule has 3 aromatic rings. The molecule has 0 saturated heterocycles. The predicted octanol–water partition coefficient (Wildman–Crippen LogP) is 4.49. The summed E-state index contributed by atoms with van der Waals surface area (Å²) >= 11 is 6.41. The minimum Gasteiger partial charge on any atom is -0.453 e. The molecule has 1 N–H and O–H groups in total. The van der Waals surface area contributed by atoms with Crippen LogP contribution in [0.4, 0.5) is 0 Å². The molecule has 3 aromatic carbocycles. The van der Waals surface area contributed by atoms with Crippen LogP contribution in [0.3, 0.4) is 0 Å². The van der Waals surface area contributed by atoms with E-state index in [1.54, 1.807) is 0 Å². The molecule has 1 aliphatic rings. The molecule has 0 fully saturated rings. The van der Waals surface area contributed by atoms with Crippen molar-refractivity contribution in [3.63, 3.8) is 0 Å². The standard InChI is InChI=1S/C26H26NO2PS/c1-26(24-17-18-25(28)29-24,20-19-21-11-5-2-6-12-21)27-30(31,22-13-7-3-8-14-22)23-15-9-4-10-16-23/h2-18,24H,19-20H2,1H3,(H,27,31)/t24-,26+/m1/s1. The second-order valence-corrected chi connectivity index (χ2v) is 12.1. The van der Waals surface area contributed by atoms with Gasteiger partial charge >= 0.3 is 5.97 Å². The Bertz CT molecular complexity index is 1060. The molecule has 4 rings (SSSR count). The van der Waals surface area contributed by atoms with Gasteiger partial charge in [0.05, 0.1) is 11.7 Å². The first kappa shape index (κ1) is 21.7. The van der Waals surface area contributed by atoms with E-state index in [1.807, 2.05) is 60.7 Å². The molecule has 0 unspecified atom stereocenters. The van der Waals surface area contributed by atoms with Crippen molar-refractivity contribution in [3.8, 4) is 0 Å². The Hall–Kier alpha value is -2.52. The van der Waals surface area contributed by atoms with Crippen LogP contribution >= 0.6 is 6.19 Å². The van der Waals surface area contributed by atoms with Crippen molar-refractivity contribution < 1.29 is 9.53 Å². The number of aryl methyl sites for hydroxylation is 1. The highest BCUT2D eigenvalue weighted by Crippen LogP contribution is 2.44. The van der Waals surface area contributed by atoms with Gasteiger partial charge in [0.15, 0.2) is 0 Å². The fourth-order valence-electron chi connectivity index (χ4n) is 3.94. The number of ether oxygens (including phenoxy) is 1. The summed E-state index contributed by atoms with van der Waals surface area (Å²) in [6.07, 6.45) is 2.24. The average Bonchev–Trinajstić information content (AvgIpc) is 3.27. The summed E-state index contributed by atoms with van der Waals surface area (Å²) in [5, 5.41) is 6.06. The van der Waals surface area contributed by atoms with Crippen molar-refractivity contribution in [1.29, 1.82) is 0 Å². The summed E-state index contributed by atoms with van der Waals surface area (Å²) in [4.78, 5) is 11.9. The fraction of sp³-hybridized carbons (Fsp3) is 0.192. The zero-order valence-electron chi connectivity index (χ0n) is 17.5. The van der Waals surface area contributed by atoms with Crippen LogP contribution in [-0.4, -0.2) is 17.6 Å². The van der Waals surface area contributed by atoms with E-state index in [0.717, 1.165) is 23.5 Å². The van der Waals surface area contributed by atoms with Crippen LogP contribution in [0.2, 0.25) is 0 Å². The number of hydrogen-bond acceptors (Lipinski definition) is 3. The van der Waals surface area contributed by atoms with Crippen molar-refractivity contribution in [2.75, 3.05) is 0 Å². The Morgan fingerprint density at radius 1 is 0.903 bits per heavy atom. The van der Waals surface area contributed by atoms with E-state index in [2.05, 4.69) is 48.4 Å². The first-order valence-corrected chi connectivity index (χ1v) is 13.2. The maximum Gasteiger partial charge on any atom is 0.331 e. The van der Waals surface area contributed by atoms with Gasteiger partial charge in [-0.15, -0.1) is 0 Å². The number of cyclic esters (lactones) is 1. The minimum atomic E-state index is -2.38. The van der Waals surface area contributed by atoms with Gasteiger partial charge in [0.25, 0.3) is 0 Å². The van der Waals surface area contributed by atoms with Gasteiger partial charge in [-0.2, -0.15) is 0 Å². The lowest BCUT2D eigenvalue weighted by atomic mass is 9.89. The molecule has 158 valence electrons. The Kier molecular flexibility index (Phi) is 6.52. The average molecular weight is 448 g/mol. The molecule has 0 aromatic heterocycles. The van der Waals surface area contributed by atoms with Crippen LogP contribution in [0.1, 0.15) is 18.9 Å². The molecule has 2 atom stereocenters. The smallest absolute Gasteiger partial charge is 0.331 e. The lowest BCUT2D eigenvalue weighted by molar-refractivity contribution is -0.141. The largest absolute Gasteiger partial charge is 0.453 e. The molecule has 0 aliphatic carbocycles. The monoisotopic (exact) mass is 447 g/mol. The second-order valence-electron chi connectivity index (χ2n) is 8.01. The van der Waals surface area contributed by atoms with Crippen LogP contribution in [0.15, 0.2) is 103 Å². The molecule has 31 heavy (non-hydrogen) atoms. The molecular weight excluding hydrogens is 421 g/mol. The third-order valence-electron chi connectivity index (χ3n) is 5.71. The molecule has 0 spiro atoms. The Labute approximate surface area is 189 Å². The number of nitrogens with one attached hydrogen (secondary N) is 1. The SMILES string of the molecule is C[C@@](CCc1ccccc1)(NP(=S)(c1ccccc1)c1ccccc1)[C@H]1C=CC(=O)O1. The molecule has 0 radical (unpaired) electrons. The number of carbonyl (C=O) groups excluding carboxylic acids is 1. The quantitative estimate of drug-likeness (QED) is 0.408. The van der Waals surface area contributed by atoms with Gasteiger partial charge in [0.1, 0.15) is 6.10 Å².